The first-order valence-electron chi connectivity index (χ1n) is 19.9. The van der Waals surface area contributed by atoms with Crippen molar-refractivity contribution < 1.29 is 8.83 Å². The van der Waals surface area contributed by atoms with Crippen LogP contribution in [0.4, 0.5) is 17.1 Å². The molecule has 0 aliphatic carbocycles. The first kappa shape index (κ1) is 34.3. The smallest absolute Gasteiger partial charge is 0.227 e. The van der Waals surface area contributed by atoms with Gasteiger partial charge in [-0.1, -0.05) is 152 Å². The Morgan fingerprint density at radius 2 is 0.797 bits per heavy atom. The first-order valence-corrected chi connectivity index (χ1v) is 19.9. The standard InChI is InChI=1S/C55H36N2O2/c1-4-12-37(13-5-1)39-20-22-42(23-21-39)47-18-10-11-19-51(47)57(45-29-24-40(25-30-45)38-14-6-2-7-15-38)46-31-26-41(27-32-46)44-28-33-48-49-35-54-50(36-53(49)58-52(48)34-44)56-55(59-54)43-16-8-3-9-17-43/h1-36H. The van der Waals surface area contributed by atoms with Gasteiger partial charge in [-0.05, 0) is 99.6 Å². The molecule has 0 amide bonds. The predicted octanol–water partition coefficient (Wildman–Crippen LogP) is 15.5. The number of aromatic nitrogens is 1. The highest BCUT2D eigenvalue weighted by Gasteiger charge is 2.19. The lowest BCUT2D eigenvalue weighted by molar-refractivity contribution is 0.620. The van der Waals surface area contributed by atoms with Crippen LogP contribution in [0.15, 0.2) is 227 Å². The zero-order chi connectivity index (χ0) is 39.1. The zero-order valence-corrected chi connectivity index (χ0v) is 32.0. The molecule has 278 valence electrons. The molecule has 0 aliphatic rings. The van der Waals surface area contributed by atoms with Crippen LogP contribution in [-0.4, -0.2) is 4.98 Å². The van der Waals surface area contributed by atoms with Crippen molar-refractivity contribution in [3.8, 4) is 56.0 Å². The van der Waals surface area contributed by atoms with Crippen LogP contribution in [0, 0.1) is 0 Å². The van der Waals surface area contributed by atoms with Gasteiger partial charge in [-0.2, -0.15) is 0 Å². The van der Waals surface area contributed by atoms with Crippen molar-refractivity contribution in [3.05, 3.63) is 218 Å². The maximum atomic E-state index is 6.45. The molecule has 0 atom stereocenters. The molecule has 0 spiro atoms. The molecule has 4 heteroatoms. The third kappa shape index (κ3) is 6.43. The molecule has 4 nitrogen and oxygen atoms in total. The van der Waals surface area contributed by atoms with Gasteiger partial charge < -0.3 is 13.7 Å². The van der Waals surface area contributed by atoms with E-state index in [0.717, 1.165) is 77.9 Å². The number of hydrogen-bond acceptors (Lipinski definition) is 4. The molecule has 11 aromatic rings. The number of nitrogens with zero attached hydrogens (tertiary/aromatic N) is 2. The number of fused-ring (bicyclic) bond motifs is 4. The molecule has 0 bridgehead atoms. The quantitative estimate of drug-likeness (QED) is 0.155. The summed E-state index contributed by atoms with van der Waals surface area (Å²) in [5.41, 5.74) is 16.6. The van der Waals surface area contributed by atoms with E-state index in [0.29, 0.717) is 5.89 Å². The van der Waals surface area contributed by atoms with E-state index in [9.17, 15) is 0 Å². The van der Waals surface area contributed by atoms with Gasteiger partial charge in [-0.15, -0.1) is 0 Å². The molecule has 2 aromatic heterocycles. The Morgan fingerprint density at radius 1 is 0.322 bits per heavy atom. The SMILES string of the molecule is c1ccc(-c2ccc(-c3ccccc3N(c3ccc(-c4ccccc4)cc3)c3ccc(-c4ccc5c(c4)oc4cc6nc(-c7ccccc7)oc6cc45)cc3)cc2)cc1. The number of rotatable bonds is 8. The molecule has 59 heavy (non-hydrogen) atoms. The van der Waals surface area contributed by atoms with Crippen molar-refractivity contribution >= 4 is 50.1 Å². The van der Waals surface area contributed by atoms with Crippen LogP contribution in [0.2, 0.25) is 0 Å². The fraction of sp³-hybridized carbons (Fsp3) is 0. The topological polar surface area (TPSA) is 42.4 Å². The Morgan fingerprint density at radius 3 is 1.42 bits per heavy atom. The molecule has 0 aliphatic heterocycles. The van der Waals surface area contributed by atoms with Gasteiger partial charge >= 0.3 is 0 Å². The summed E-state index contributed by atoms with van der Waals surface area (Å²) in [4.78, 5) is 7.11. The van der Waals surface area contributed by atoms with Crippen molar-refractivity contribution in [2.45, 2.75) is 0 Å². The monoisotopic (exact) mass is 756 g/mol. The minimum atomic E-state index is 0.604. The second-order valence-electron chi connectivity index (χ2n) is 14.8. The van der Waals surface area contributed by atoms with Crippen LogP contribution in [0.5, 0.6) is 0 Å². The minimum absolute atomic E-state index is 0.604. The molecule has 0 N–H and O–H groups in total. The number of furan rings is 1. The number of hydrogen-bond donors (Lipinski definition) is 0. The van der Waals surface area contributed by atoms with Crippen LogP contribution in [0.1, 0.15) is 0 Å². The van der Waals surface area contributed by atoms with E-state index in [1.165, 1.54) is 22.3 Å². The van der Waals surface area contributed by atoms with Crippen molar-refractivity contribution in [3.63, 3.8) is 0 Å². The summed E-state index contributed by atoms with van der Waals surface area (Å²) in [5, 5.41) is 2.05. The molecule has 11 rings (SSSR count). The van der Waals surface area contributed by atoms with E-state index in [1.807, 2.05) is 42.5 Å². The van der Waals surface area contributed by atoms with Gasteiger partial charge in [0.15, 0.2) is 5.58 Å². The van der Waals surface area contributed by atoms with Crippen molar-refractivity contribution in [2.75, 3.05) is 4.90 Å². The Hall–Kier alpha value is -7.95. The number of anilines is 3. The summed E-state index contributed by atoms with van der Waals surface area (Å²) in [7, 11) is 0. The summed E-state index contributed by atoms with van der Waals surface area (Å²) in [6.07, 6.45) is 0. The van der Waals surface area contributed by atoms with Crippen LogP contribution in [0.3, 0.4) is 0 Å². The summed E-state index contributed by atoms with van der Waals surface area (Å²) in [5.74, 6) is 0.604. The van der Waals surface area contributed by atoms with E-state index in [-0.39, 0.29) is 0 Å². The molecule has 0 radical (unpaired) electrons. The Kier molecular flexibility index (Phi) is 8.45. The first-order chi connectivity index (χ1) is 29.2. The van der Waals surface area contributed by atoms with Gasteiger partial charge in [0.25, 0.3) is 0 Å². The number of oxazole rings is 1. The van der Waals surface area contributed by atoms with E-state index in [1.54, 1.807) is 0 Å². The van der Waals surface area contributed by atoms with Crippen molar-refractivity contribution in [2.24, 2.45) is 0 Å². The lowest BCUT2D eigenvalue weighted by atomic mass is 9.98. The normalized spacial score (nSPS) is 11.4. The van der Waals surface area contributed by atoms with E-state index in [2.05, 4.69) is 181 Å². The number of para-hydroxylation sites is 1. The van der Waals surface area contributed by atoms with Gasteiger partial charge in [0.2, 0.25) is 5.89 Å². The van der Waals surface area contributed by atoms with Gasteiger partial charge in [-0.3, -0.25) is 0 Å². The second kappa shape index (κ2) is 14.5. The highest BCUT2D eigenvalue weighted by molar-refractivity contribution is 6.09. The van der Waals surface area contributed by atoms with Crippen molar-refractivity contribution in [1.82, 2.24) is 4.98 Å². The van der Waals surface area contributed by atoms with Crippen molar-refractivity contribution in [1.29, 1.82) is 0 Å². The molecule has 0 saturated heterocycles. The molecule has 0 fully saturated rings. The summed E-state index contributed by atoms with van der Waals surface area (Å²) >= 11 is 0. The number of benzene rings is 9. The molecular formula is C55H36N2O2. The highest BCUT2D eigenvalue weighted by Crippen LogP contribution is 2.43. The molecule has 0 saturated carbocycles. The maximum absolute atomic E-state index is 6.45. The lowest BCUT2D eigenvalue weighted by Gasteiger charge is -2.28. The fourth-order valence-corrected chi connectivity index (χ4v) is 8.13. The molecule has 2 heterocycles. The second-order valence-corrected chi connectivity index (χ2v) is 14.8. The summed E-state index contributed by atoms with van der Waals surface area (Å²) in [6.45, 7) is 0. The van der Waals surface area contributed by atoms with Gasteiger partial charge in [-0.25, -0.2) is 4.98 Å². The molecular weight excluding hydrogens is 721 g/mol. The van der Waals surface area contributed by atoms with E-state index < -0.39 is 0 Å². The zero-order valence-electron chi connectivity index (χ0n) is 32.0. The Labute approximate surface area is 341 Å². The highest BCUT2D eigenvalue weighted by atomic mass is 16.4. The van der Waals surface area contributed by atoms with Gasteiger partial charge in [0.1, 0.15) is 16.7 Å². The third-order valence-electron chi connectivity index (χ3n) is 11.1. The summed E-state index contributed by atoms with van der Waals surface area (Å²) < 4.78 is 12.6. The van der Waals surface area contributed by atoms with Gasteiger partial charge in [0, 0.05) is 39.3 Å². The Bertz CT molecular complexity index is 3220. The predicted molar refractivity (Wildman–Crippen MR) is 243 cm³/mol. The van der Waals surface area contributed by atoms with Crippen LogP contribution in [0.25, 0.3) is 89.0 Å². The molecule has 0 unspecified atom stereocenters. The van der Waals surface area contributed by atoms with E-state index in [4.69, 9.17) is 13.8 Å². The third-order valence-corrected chi connectivity index (χ3v) is 11.1. The van der Waals surface area contributed by atoms with E-state index >= 15 is 0 Å². The molecule has 9 aromatic carbocycles. The van der Waals surface area contributed by atoms with Gasteiger partial charge in [0.05, 0.1) is 5.69 Å². The minimum Gasteiger partial charge on any atom is -0.456 e. The largest absolute Gasteiger partial charge is 0.456 e. The van der Waals surface area contributed by atoms with Crippen LogP contribution >= 0.6 is 0 Å². The van der Waals surface area contributed by atoms with Crippen LogP contribution < -0.4 is 4.90 Å². The summed E-state index contributed by atoms with van der Waals surface area (Å²) in [6, 6.07) is 76.7. The Balaban J connectivity index is 0.956. The van der Waals surface area contributed by atoms with Crippen LogP contribution in [-0.2, 0) is 0 Å². The average Bonchev–Trinajstić information content (AvgIpc) is 3.90. The maximum Gasteiger partial charge on any atom is 0.227 e. The average molecular weight is 757 g/mol. The lowest BCUT2D eigenvalue weighted by Crippen LogP contribution is -2.11. The fourth-order valence-electron chi connectivity index (χ4n) is 8.13.